The maximum absolute atomic E-state index is 5.62. The van der Waals surface area contributed by atoms with E-state index in [4.69, 9.17) is 4.74 Å². The fourth-order valence-electron chi connectivity index (χ4n) is 2.53. The van der Waals surface area contributed by atoms with Crippen LogP contribution in [0.3, 0.4) is 0 Å². The minimum absolute atomic E-state index is 0.350. The zero-order valence-electron chi connectivity index (χ0n) is 12.9. The molecule has 0 aromatic carbocycles. The molecule has 0 aliphatic heterocycles. The third kappa shape index (κ3) is 5.68. The first-order valence-corrected chi connectivity index (χ1v) is 7.53. The Labute approximate surface area is 113 Å². The maximum Gasteiger partial charge on any atom is 0.0596 e. The minimum atomic E-state index is 0.350. The SMILES string of the molecule is CC(C)CNCC1CCC1N(C)CCOC(C)C. The van der Waals surface area contributed by atoms with Gasteiger partial charge in [-0.05, 0) is 58.7 Å². The number of hydrogen-bond donors (Lipinski definition) is 1. The molecule has 3 nitrogen and oxygen atoms in total. The summed E-state index contributed by atoms with van der Waals surface area (Å²) in [5, 5.41) is 3.59. The van der Waals surface area contributed by atoms with Gasteiger partial charge in [0, 0.05) is 12.6 Å². The largest absolute Gasteiger partial charge is 0.377 e. The number of rotatable bonds is 9. The maximum atomic E-state index is 5.62. The van der Waals surface area contributed by atoms with E-state index in [0.717, 1.165) is 37.6 Å². The van der Waals surface area contributed by atoms with Gasteiger partial charge in [0.05, 0.1) is 12.7 Å². The van der Waals surface area contributed by atoms with E-state index in [0.29, 0.717) is 6.10 Å². The summed E-state index contributed by atoms with van der Waals surface area (Å²) in [5.74, 6) is 1.59. The highest BCUT2D eigenvalue weighted by atomic mass is 16.5. The monoisotopic (exact) mass is 256 g/mol. The van der Waals surface area contributed by atoms with E-state index in [1.54, 1.807) is 0 Å². The first-order valence-electron chi connectivity index (χ1n) is 7.53. The van der Waals surface area contributed by atoms with E-state index in [1.807, 2.05) is 0 Å². The lowest BCUT2D eigenvalue weighted by Gasteiger charge is -2.43. The van der Waals surface area contributed by atoms with Crippen molar-refractivity contribution in [3.63, 3.8) is 0 Å². The molecule has 18 heavy (non-hydrogen) atoms. The minimum Gasteiger partial charge on any atom is -0.377 e. The van der Waals surface area contributed by atoms with Crippen molar-refractivity contribution in [1.29, 1.82) is 0 Å². The quantitative estimate of drug-likeness (QED) is 0.685. The van der Waals surface area contributed by atoms with Gasteiger partial charge in [-0.2, -0.15) is 0 Å². The Bertz CT molecular complexity index is 203. The predicted molar refractivity (Wildman–Crippen MR) is 77.9 cm³/mol. The van der Waals surface area contributed by atoms with Crippen LogP contribution in [0.5, 0.6) is 0 Å². The Kier molecular flexibility index (Phi) is 7.20. The lowest BCUT2D eigenvalue weighted by atomic mass is 9.78. The molecule has 0 spiro atoms. The molecular weight excluding hydrogens is 224 g/mol. The summed E-state index contributed by atoms with van der Waals surface area (Å²) in [4.78, 5) is 2.48. The molecule has 2 atom stereocenters. The second-order valence-corrected chi connectivity index (χ2v) is 6.36. The fraction of sp³-hybridized carbons (Fsp3) is 1.00. The van der Waals surface area contributed by atoms with Crippen molar-refractivity contribution >= 4 is 0 Å². The summed E-state index contributed by atoms with van der Waals surface area (Å²) in [7, 11) is 2.24. The highest BCUT2D eigenvalue weighted by Gasteiger charge is 2.33. The first-order chi connectivity index (χ1) is 8.50. The van der Waals surface area contributed by atoms with Crippen molar-refractivity contribution in [2.24, 2.45) is 11.8 Å². The summed E-state index contributed by atoms with van der Waals surface area (Å²) in [5.41, 5.74) is 0. The Morgan fingerprint density at radius 3 is 2.44 bits per heavy atom. The average Bonchev–Trinajstić information content (AvgIpc) is 2.21. The van der Waals surface area contributed by atoms with Crippen LogP contribution in [0.4, 0.5) is 0 Å². The van der Waals surface area contributed by atoms with Crippen molar-refractivity contribution in [3.8, 4) is 0 Å². The van der Waals surface area contributed by atoms with Gasteiger partial charge in [0.25, 0.3) is 0 Å². The summed E-state index contributed by atoms with van der Waals surface area (Å²) >= 11 is 0. The molecule has 1 N–H and O–H groups in total. The molecular formula is C15H32N2O. The Balaban J connectivity index is 2.13. The normalized spacial score (nSPS) is 24.0. The van der Waals surface area contributed by atoms with Crippen LogP contribution < -0.4 is 5.32 Å². The molecule has 0 aromatic rings. The van der Waals surface area contributed by atoms with Crippen molar-refractivity contribution in [1.82, 2.24) is 10.2 Å². The van der Waals surface area contributed by atoms with Crippen LogP contribution >= 0.6 is 0 Å². The molecule has 3 heteroatoms. The van der Waals surface area contributed by atoms with Crippen molar-refractivity contribution in [2.45, 2.75) is 52.7 Å². The van der Waals surface area contributed by atoms with Crippen LogP contribution in [-0.4, -0.2) is 50.3 Å². The zero-order chi connectivity index (χ0) is 13.5. The number of ether oxygens (including phenoxy) is 1. The van der Waals surface area contributed by atoms with Crippen molar-refractivity contribution in [3.05, 3.63) is 0 Å². The molecule has 1 saturated carbocycles. The average molecular weight is 256 g/mol. The molecule has 0 bridgehead atoms. The molecule has 1 aliphatic carbocycles. The van der Waals surface area contributed by atoms with Gasteiger partial charge in [0.1, 0.15) is 0 Å². The third-order valence-corrected chi connectivity index (χ3v) is 3.80. The first kappa shape index (κ1) is 15.9. The second kappa shape index (κ2) is 8.13. The lowest BCUT2D eigenvalue weighted by molar-refractivity contribution is 0.0263. The topological polar surface area (TPSA) is 24.5 Å². The summed E-state index contributed by atoms with van der Waals surface area (Å²) < 4.78 is 5.62. The summed E-state index contributed by atoms with van der Waals surface area (Å²) in [6.07, 6.45) is 3.08. The number of nitrogens with one attached hydrogen (secondary N) is 1. The molecule has 1 aliphatic rings. The Morgan fingerprint density at radius 1 is 1.22 bits per heavy atom. The second-order valence-electron chi connectivity index (χ2n) is 6.36. The van der Waals surface area contributed by atoms with Crippen molar-refractivity contribution < 1.29 is 4.74 Å². The van der Waals surface area contributed by atoms with Crippen LogP contribution in [0, 0.1) is 11.8 Å². The smallest absolute Gasteiger partial charge is 0.0596 e. The van der Waals surface area contributed by atoms with E-state index in [2.05, 4.69) is 45.0 Å². The Morgan fingerprint density at radius 2 is 1.94 bits per heavy atom. The van der Waals surface area contributed by atoms with Gasteiger partial charge in [-0.1, -0.05) is 13.8 Å². The van der Waals surface area contributed by atoms with Gasteiger partial charge in [-0.3, -0.25) is 0 Å². The molecule has 0 radical (unpaired) electrons. The number of likely N-dealkylation sites (N-methyl/N-ethyl adjacent to an activating group) is 1. The van der Waals surface area contributed by atoms with Crippen LogP contribution in [-0.2, 0) is 4.74 Å². The predicted octanol–water partition coefficient (Wildman–Crippen LogP) is 2.37. The van der Waals surface area contributed by atoms with Gasteiger partial charge >= 0.3 is 0 Å². The fourth-order valence-corrected chi connectivity index (χ4v) is 2.53. The standard InChI is InChI=1S/C15H32N2O/c1-12(2)10-16-11-14-6-7-15(14)17(5)8-9-18-13(3)4/h12-16H,6-11H2,1-5H3. The van der Waals surface area contributed by atoms with E-state index in [9.17, 15) is 0 Å². The van der Waals surface area contributed by atoms with Gasteiger partial charge in [-0.15, -0.1) is 0 Å². The third-order valence-electron chi connectivity index (χ3n) is 3.80. The molecule has 0 aromatic heterocycles. The van der Waals surface area contributed by atoms with Crippen LogP contribution in [0.25, 0.3) is 0 Å². The van der Waals surface area contributed by atoms with E-state index < -0.39 is 0 Å². The summed E-state index contributed by atoms with van der Waals surface area (Å²) in [6, 6.07) is 0.764. The van der Waals surface area contributed by atoms with Crippen LogP contribution in [0.15, 0.2) is 0 Å². The molecule has 108 valence electrons. The van der Waals surface area contributed by atoms with Gasteiger partial charge < -0.3 is 15.0 Å². The van der Waals surface area contributed by atoms with Crippen LogP contribution in [0.1, 0.15) is 40.5 Å². The van der Waals surface area contributed by atoms with Crippen molar-refractivity contribution in [2.75, 3.05) is 33.3 Å². The molecule has 0 heterocycles. The molecule has 1 fully saturated rings. The molecule has 0 saturated heterocycles. The lowest BCUT2D eigenvalue weighted by Crippen LogP contribution is -2.50. The number of hydrogen-bond acceptors (Lipinski definition) is 3. The van der Waals surface area contributed by atoms with Gasteiger partial charge in [-0.25, -0.2) is 0 Å². The van der Waals surface area contributed by atoms with E-state index in [1.165, 1.54) is 19.4 Å². The van der Waals surface area contributed by atoms with Crippen LogP contribution in [0.2, 0.25) is 0 Å². The van der Waals surface area contributed by atoms with E-state index >= 15 is 0 Å². The molecule has 0 amide bonds. The summed E-state index contributed by atoms with van der Waals surface area (Å²) in [6.45, 7) is 13.0. The highest BCUT2D eigenvalue weighted by molar-refractivity contribution is 4.88. The number of nitrogens with zero attached hydrogens (tertiary/aromatic N) is 1. The molecule has 2 unspecified atom stereocenters. The van der Waals surface area contributed by atoms with Gasteiger partial charge in [0.2, 0.25) is 0 Å². The molecule has 1 rings (SSSR count). The van der Waals surface area contributed by atoms with Gasteiger partial charge in [0.15, 0.2) is 0 Å². The van der Waals surface area contributed by atoms with E-state index in [-0.39, 0.29) is 0 Å². The highest BCUT2D eigenvalue weighted by Crippen LogP contribution is 2.30. The Hall–Kier alpha value is -0.120. The zero-order valence-corrected chi connectivity index (χ0v) is 12.9.